The zero-order valence-corrected chi connectivity index (χ0v) is 26.8. The Morgan fingerprint density at radius 2 is 1.27 bits per heavy atom. The number of H-pyrrole nitrogens is 4. The molecule has 232 valence electrons. The Morgan fingerprint density at radius 1 is 0.614 bits per heavy atom. The molecule has 0 spiro atoms. The molecule has 0 amide bonds. The fourth-order valence-electron chi connectivity index (χ4n) is 5.82. The molecule has 8 nitrogen and oxygen atoms in total. The standard InChI is InChI=1S/C36H44N4O4/c1-7-13-43-35(41)11-9-27-23(5)31-18-26-15-21(3)29(37-26)17-25-16-22(4)30(38-25)19-32-24(6)28(10-12-36(42)44-14-8-2)34(40-32)20-33(27)39-31/h15-20,37-40H,7-14H2,1-6H3. The van der Waals surface area contributed by atoms with Gasteiger partial charge in [-0.2, -0.15) is 0 Å². The van der Waals surface area contributed by atoms with Crippen molar-refractivity contribution in [2.75, 3.05) is 13.2 Å². The minimum atomic E-state index is -0.193. The van der Waals surface area contributed by atoms with Crippen LogP contribution in [0.2, 0.25) is 0 Å². The van der Waals surface area contributed by atoms with Crippen LogP contribution in [-0.2, 0) is 31.9 Å². The van der Waals surface area contributed by atoms with Crippen molar-refractivity contribution in [3.8, 4) is 0 Å². The third-order valence-electron chi connectivity index (χ3n) is 8.32. The van der Waals surface area contributed by atoms with Gasteiger partial charge in [0.25, 0.3) is 0 Å². The first-order valence-corrected chi connectivity index (χ1v) is 15.7. The highest BCUT2D eigenvalue weighted by Gasteiger charge is 2.16. The second-order valence-electron chi connectivity index (χ2n) is 11.8. The summed E-state index contributed by atoms with van der Waals surface area (Å²) in [6.45, 7) is 13.2. The Bertz CT molecular complexity index is 1930. The van der Waals surface area contributed by atoms with Gasteiger partial charge in [-0.15, -0.1) is 0 Å². The van der Waals surface area contributed by atoms with Crippen molar-refractivity contribution in [2.24, 2.45) is 0 Å². The highest BCUT2D eigenvalue weighted by atomic mass is 16.5. The summed E-state index contributed by atoms with van der Waals surface area (Å²) >= 11 is 0. The predicted octanol–water partition coefficient (Wildman–Crippen LogP) is 3.63. The van der Waals surface area contributed by atoms with Gasteiger partial charge in [-0.3, -0.25) is 9.59 Å². The van der Waals surface area contributed by atoms with Crippen molar-refractivity contribution in [3.63, 3.8) is 0 Å². The Hall–Kier alpha value is -4.46. The Balaban J connectivity index is 1.71. The van der Waals surface area contributed by atoms with E-state index in [1.807, 2.05) is 13.8 Å². The van der Waals surface area contributed by atoms with Gasteiger partial charge in [0, 0.05) is 57.0 Å². The lowest BCUT2D eigenvalue weighted by Crippen LogP contribution is -2.14. The minimum absolute atomic E-state index is 0.193. The molecule has 4 aromatic rings. The first-order chi connectivity index (χ1) is 21.2. The van der Waals surface area contributed by atoms with E-state index in [1.165, 1.54) is 0 Å². The number of hydrogen-bond acceptors (Lipinski definition) is 4. The van der Waals surface area contributed by atoms with Gasteiger partial charge in [-0.25, -0.2) is 0 Å². The number of aryl methyl sites for hydroxylation is 2. The third-order valence-corrected chi connectivity index (χ3v) is 8.32. The summed E-state index contributed by atoms with van der Waals surface area (Å²) in [4.78, 5) is 39.4. The molecule has 5 rings (SSSR count). The minimum Gasteiger partial charge on any atom is -0.466 e. The summed E-state index contributed by atoms with van der Waals surface area (Å²) in [5.74, 6) is -0.385. The summed E-state index contributed by atoms with van der Waals surface area (Å²) in [6, 6.07) is 4.30. The summed E-state index contributed by atoms with van der Waals surface area (Å²) in [6.07, 6.45) is 11.8. The van der Waals surface area contributed by atoms with E-state index in [-0.39, 0.29) is 11.9 Å². The molecule has 0 unspecified atom stereocenters. The number of nitrogens with one attached hydrogen (secondary N) is 4. The van der Waals surface area contributed by atoms with Crippen LogP contribution in [0.25, 0.3) is 24.3 Å². The van der Waals surface area contributed by atoms with Crippen molar-refractivity contribution in [3.05, 3.63) is 89.7 Å². The zero-order chi connectivity index (χ0) is 31.4. The van der Waals surface area contributed by atoms with E-state index < -0.39 is 0 Å². The number of carbonyl (C=O) groups excluding carboxylic acids is 2. The van der Waals surface area contributed by atoms with Gasteiger partial charge in [-0.05, 0) is 123 Å². The third kappa shape index (κ3) is 6.85. The second kappa shape index (κ2) is 13.5. The Labute approximate surface area is 258 Å². The molecule has 8 heteroatoms. The lowest BCUT2D eigenvalue weighted by atomic mass is 10.0. The monoisotopic (exact) mass is 596 g/mol. The molecule has 4 aromatic heterocycles. The maximum atomic E-state index is 12.5. The van der Waals surface area contributed by atoms with Crippen LogP contribution in [-0.4, -0.2) is 45.1 Å². The first-order valence-electron chi connectivity index (χ1n) is 15.7. The van der Waals surface area contributed by atoms with Crippen LogP contribution < -0.4 is 21.4 Å². The number of aromatic nitrogens is 4. The fourth-order valence-corrected chi connectivity index (χ4v) is 5.82. The van der Waals surface area contributed by atoms with Crippen LogP contribution in [0.15, 0.2) is 12.1 Å². The number of rotatable bonds is 10. The van der Waals surface area contributed by atoms with Crippen molar-refractivity contribution >= 4 is 36.2 Å². The van der Waals surface area contributed by atoms with Crippen LogP contribution in [0.4, 0.5) is 0 Å². The van der Waals surface area contributed by atoms with Gasteiger partial charge < -0.3 is 29.4 Å². The van der Waals surface area contributed by atoms with E-state index in [2.05, 4.69) is 84.1 Å². The Kier molecular flexibility index (Phi) is 9.47. The van der Waals surface area contributed by atoms with Gasteiger partial charge in [-0.1, -0.05) is 13.8 Å². The predicted molar refractivity (Wildman–Crippen MR) is 174 cm³/mol. The molecular formula is C36H44N4O4. The lowest BCUT2D eigenvalue weighted by molar-refractivity contribution is -0.144. The van der Waals surface area contributed by atoms with Crippen molar-refractivity contribution in [2.45, 2.75) is 80.1 Å². The van der Waals surface area contributed by atoms with Gasteiger partial charge >= 0.3 is 11.9 Å². The molecule has 44 heavy (non-hydrogen) atoms. The molecule has 0 saturated heterocycles. The molecule has 1 aliphatic heterocycles. The molecule has 0 aliphatic carbocycles. The number of carbonyl (C=O) groups is 2. The summed E-state index contributed by atoms with van der Waals surface area (Å²) in [7, 11) is 0. The quantitative estimate of drug-likeness (QED) is 0.184. The molecule has 0 radical (unpaired) electrons. The van der Waals surface area contributed by atoms with Crippen LogP contribution in [0, 0.1) is 27.7 Å². The molecule has 0 saturated carbocycles. The second-order valence-corrected chi connectivity index (χ2v) is 11.8. The van der Waals surface area contributed by atoms with E-state index in [1.54, 1.807) is 0 Å². The van der Waals surface area contributed by atoms with Crippen molar-refractivity contribution in [1.82, 2.24) is 19.9 Å². The topological polar surface area (TPSA) is 116 Å². The smallest absolute Gasteiger partial charge is 0.306 e. The summed E-state index contributed by atoms with van der Waals surface area (Å²) in [5.41, 5.74) is 10.6. The van der Waals surface area contributed by atoms with E-state index in [4.69, 9.17) is 9.47 Å². The van der Waals surface area contributed by atoms with E-state index in [0.29, 0.717) is 38.9 Å². The van der Waals surface area contributed by atoms with Gasteiger partial charge in [0.1, 0.15) is 0 Å². The molecule has 0 atom stereocenters. The van der Waals surface area contributed by atoms with Gasteiger partial charge in [0.15, 0.2) is 0 Å². The number of hydrogen-bond donors (Lipinski definition) is 4. The highest BCUT2D eigenvalue weighted by molar-refractivity contribution is 5.71. The molecule has 5 heterocycles. The molecule has 8 bridgehead atoms. The molecular weight excluding hydrogens is 552 g/mol. The molecule has 4 N–H and O–H groups in total. The van der Waals surface area contributed by atoms with E-state index in [0.717, 1.165) is 90.4 Å². The van der Waals surface area contributed by atoms with Crippen LogP contribution >= 0.6 is 0 Å². The van der Waals surface area contributed by atoms with Crippen LogP contribution in [0.3, 0.4) is 0 Å². The van der Waals surface area contributed by atoms with E-state index in [9.17, 15) is 9.59 Å². The van der Waals surface area contributed by atoms with Crippen molar-refractivity contribution < 1.29 is 19.1 Å². The van der Waals surface area contributed by atoms with Gasteiger partial charge in [0.2, 0.25) is 0 Å². The van der Waals surface area contributed by atoms with E-state index >= 15 is 0 Å². The molecule has 0 fully saturated rings. The molecule has 1 aliphatic rings. The SMILES string of the molecule is CCCOC(=O)CCc1c2[nH]c(c1C)C=c1[nH]c(cc1C)=Cc1[nH]c(cc1C)C=c1[nH]c(c(CCC(=O)OCCC)c1C)=C2. The van der Waals surface area contributed by atoms with Crippen LogP contribution in [0.5, 0.6) is 0 Å². The molecule has 0 aromatic carbocycles. The summed E-state index contributed by atoms with van der Waals surface area (Å²) < 4.78 is 10.8. The van der Waals surface area contributed by atoms with Crippen LogP contribution in [0.1, 0.15) is 95.7 Å². The average Bonchev–Trinajstić information content (AvgIpc) is 3.69. The number of aromatic amines is 4. The Morgan fingerprint density at radius 3 is 1.95 bits per heavy atom. The number of esters is 2. The maximum Gasteiger partial charge on any atom is 0.306 e. The highest BCUT2D eigenvalue weighted by Crippen LogP contribution is 2.22. The zero-order valence-electron chi connectivity index (χ0n) is 26.8. The van der Waals surface area contributed by atoms with Crippen molar-refractivity contribution in [1.29, 1.82) is 0 Å². The average molecular weight is 597 g/mol. The first kappa shape index (κ1) is 31.0. The largest absolute Gasteiger partial charge is 0.466 e. The summed E-state index contributed by atoms with van der Waals surface area (Å²) in [5, 5.41) is 3.95. The number of ether oxygens (including phenoxy) is 2. The lowest BCUT2D eigenvalue weighted by Gasteiger charge is -2.05. The fraction of sp³-hybridized carbons (Fsp3) is 0.389. The maximum absolute atomic E-state index is 12.5. The normalized spacial score (nSPS) is 12.1. The van der Waals surface area contributed by atoms with Gasteiger partial charge in [0.05, 0.1) is 13.2 Å². The number of fused-ring (bicyclic) bond motifs is 8.